The summed E-state index contributed by atoms with van der Waals surface area (Å²) in [6.07, 6.45) is 1.41. The summed E-state index contributed by atoms with van der Waals surface area (Å²) in [4.78, 5) is 11.6. The maximum atomic E-state index is 12.9. The van der Waals surface area contributed by atoms with Crippen LogP contribution in [0, 0.1) is 6.92 Å². The number of hydrogen-bond acceptors (Lipinski definition) is 7. The molecular weight excluding hydrogens is 470 g/mol. The average molecular weight is 488 g/mol. The molecule has 0 aliphatic carbocycles. The predicted octanol–water partition coefficient (Wildman–Crippen LogP) is 4.51. The van der Waals surface area contributed by atoms with Crippen LogP contribution in [0.15, 0.2) is 69.7 Å². The van der Waals surface area contributed by atoms with E-state index in [0.717, 1.165) is 16.3 Å². The smallest absolute Gasteiger partial charge is 0.339 e. The van der Waals surface area contributed by atoms with E-state index in [-0.39, 0.29) is 21.8 Å². The number of nitrogens with one attached hydrogen (secondary N) is 1. The van der Waals surface area contributed by atoms with Gasteiger partial charge in [-0.15, -0.1) is 5.10 Å². The van der Waals surface area contributed by atoms with Gasteiger partial charge in [0.05, 0.1) is 11.5 Å². The number of aryl methyl sites for hydroxylation is 1. The number of hydrogen-bond donors (Lipinski definition) is 1. The average Bonchev–Trinajstić information content (AvgIpc) is 3.08. The van der Waals surface area contributed by atoms with Gasteiger partial charge in [0.15, 0.2) is 10.9 Å². The first-order valence-electron chi connectivity index (χ1n) is 9.55. The number of carbonyl (C=O) groups is 1. The van der Waals surface area contributed by atoms with E-state index in [9.17, 15) is 13.2 Å². The predicted molar refractivity (Wildman–Crippen MR) is 128 cm³/mol. The highest BCUT2D eigenvalue weighted by atomic mass is 35.5. The normalized spacial score (nSPS) is 17.9. The van der Waals surface area contributed by atoms with Gasteiger partial charge in [-0.2, -0.15) is 13.5 Å². The van der Waals surface area contributed by atoms with Gasteiger partial charge in [-0.05, 0) is 48.4 Å². The van der Waals surface area contributed by atoms with E-state index in [1.165, 1.54) is 30.1 Å². The summed E-state index contributed by atoms with van der Waals surface area (Å²) >= 11 is 7.36. The lowest BCUT2D eigenvalue weighted by atomic mass is 10.0. The van der Waals surface area contributed by atoms with Crippen molar-refractivity contribution in [1.29, 1.82) is 0 Å². The van der Waals surface area contributed by atoms with Gasteiger partial charge in [0.25, 0.3) is 0 Å². The van der Waals surface area contributed by atoms with E-state index < -0.39 is 10.1 Å². The van der Waals surface area contributed by atoms with Crippen LogP contribution in [0.2, 0.25) is 5.02 Å². The van der Waals surface area contributed by atoms with Crippen LogP contribution < -0.4 is 9.50 Å². The van der Waals surface area contributed by atoms with Gasteiger partial charge in [-0.3, -0.25) is 4.79 Å². The van der Waals surface area contributed by atoms with Crippen LogP contribution in [-0.2, 0) is 14.9 Å². The van der Waals surface area contributed by atoms with Gasteiger partial charge in [0.2, 0.25) is 5.91 Å². The summed E-state index contributed by atoms with van der Waals surface area (Å²) in [5.74, 6) is -0.0400. The first-order valence-corrected chi connectivity index (χ1v) is 12.2. The van der Waals surface area contributed by atoms with Crippen LogP contribution in [0.1, 0.15) is 18.1 Å². The van der Waals surface area contributed by atoms with Crippen molar-refractivity contribution in [2.24, 2.45) is 10.2 Å². The summed E-state index contributed by atoms with van der Waals surface area (Å²) in [6.45, 7) is 3.55. The van der Waals surface area contributed by atoms with Crippen LogP contribution in [0.5, 0.6) is 5.75 Å². The number of amides is 1. The number of fused-ring (bicyclic) bond motifs is 1. The summed E-state index contributed by atoms with van der Waals surface area (Å²) in [7, 11) is -4.14. The second-order valence-corrected chi connectivity index (χ2v) is 10.3. The third-order valence-corrected chi connectivity index (χ3v) is 7.40. The topological polar surface area (TPSA) is 97.2 Å². The standard InChI is InChI=1S/C22H18ClN3O4S2/c1-13-7-9-16(11-19(13)23)32(28,29)30-20-10-8-15-5-3-4-6-17(15)18(20)12-24-26-22-25-21(27)14(2)31-22/h3-12,14H,1-2H3,(H,25,26,27)/b24-12-/t14-/m1/s1. The fourth-order valence-electron chi connectivity index (χ4n) is 3.02. The minimum Gasteiger partial charge on any atom is -0.378 e. The zero-order chi connectivity index (χ0) is 22.9. The molecule has 0 radical (unpaired) electrons. The fourth-order valence-corrected chi connectivity index (χ4v) is 5.00. The summed E-state index contributed by atoms with van der Waals surface area (Å²) in [6, 6.07) is 15.2. The van der Waals surface area contributed by atoms with E-state index in [1.54, 1.807) is 32.0 Å². The first-order chi connectivity index (χ1) is 15.2. The molecular formula is C22H18ClN3O4S2. The van der Waals surface area contributed by atoms with E-state index in [4.69, 9.17) is 15.8 Å². The molecule has 0 saturated carbocycles. The molecule has 0 bridgehead atoms. The molecule has 1 heterocycles. The SMILES string of the molecule is Cc1ccc(S(=O)(=O)Oc2ccc3ccccc3c2/C=N\N=C2\NC(=O)[C@@H](C)S2)cc1Cl. The van der Waals surface area contributed by atoms with Crippen molar-refractivity contribution in [3.8, 4) is 5.75 Å². The summed E-state index contributed by atoms with van der Waals surface area (Å²) < 4.78 is 31.3. The fraction of sp³-hybridized carbons (Fsp3) is 0.136. The maximum absolute atomic E-state index is 12.9. The molecule has 4 rings (SSSR count). The van der Waals surface area contributed by atoms with Crippen LogP contribution in [0.4, 0.5) is 0 Å². The van der Waals surface area contributed by atoms with Crippen molar-refractivity contribution in [1.82, 2.24) is 5.32 Å². The summed E-state index contributed by atoms with van der Waals surface area (Å²) in [5.41, 5.74) is 1.20. The zero-order valence-corrected chi connectivity index (χ0v) is 19.5. The van der Waals surface area contributed by atoms with Gasteiger partial charge in [0.1, 0.15) is 4.90 Å². The highest BCUT2D eigenvalue weighted by molar-refractivity contribution is 8.15. The second kappa shape index (κ2) is 8.93. The van der Waals surface area contributed by atoms with Crippen LogP contribution >= 0.6 is 23.4 Å². The minimum atomic E-state index is -4.14. The Morgan fingerprint density at radius 2 is 1.94 bits per heavy atom. The molecule has 3 aromatic rings. The number of nitrogens with zero attached hydrogens (tertiary/aromatic N) is 2. The number of halogens is 1. The molecule has 1 aliphatic heterocycles. The van der Waals surface area contributed by atoms with E-state index >= 15 is 0 Å². The van der Waals surface area contributed by atoms with Crippen molar-refractivity contribution in [2.45, 2.75) is 24.0 Å². The maximum Gasteiger partial charge on any atom is 0.339 e. The Balaban J connectivity index is 1.73. The molecule has 1 saturated heterocycles. The van der Waals surface area contributed by atoms with Crippen molar-refractivity contribution in [3.05, 3.63) is 70.7 Å². The Bertz CT molecular complexity index is 1390. The van der Waals surface area contributed by atoms with Crippen molar-refractivity contribution < 1.29 is 17.4 Å². The van der Waals surface area contributed by atoms with Crippen molar-refractivity contribution >= 4 is 61.5 Å². The number of thioether (sulfide) groups is 1. The van der Waals surface area contributed by atoms with Gasteiger partial charge in [-0.1, -0.05) is 59.8 Å². The van der Waals surface area contributed by atoms with Gasteiger partial charge in [-0.25, -0.2) is 0 Å². The molecule has 0 aromatic heterocycles. The third kappa shape index (κ3) is 4.64. The molecule has 32 heavy (non-hydrogen) atoms. The van der Waals surface area contributed by atoms with Crippen LogP contribution in [0.25, 0.3) is 10.8 Å². The molecule has 1 amide bonds. The molecule has 3 aromatic carbocycles. The van der Waals surface area contributed by atoms with Crippen LogP contribution in [0.3, 0.4) is 0 Å². The number of carbonyl (C=O) groups excluding carboxylic acids is 1. The minimum absolute atomic E-state index is 0.0524. The Morgan fingerprint density at radius 3 is 2.66 bits per heavy atom. The first kappa shape index (κ1) is 22.3. The second-order valence-electron chi connectivity index (χ2n) is 7.05. The molecule has 1 aliphatic rings. The molecule has 10 heteroatoms. The number of benzene rings is 3. The summed E-state index contributed by atoms with van der Waals surface area (Å²) in [5, 5.41) is 12.8. The van der Waals surface area contributed by atoms with Gasteiger partial charge >= 0.3 is 10.1 Å². The zero-order valence-electron chi connectivity index (χ0n) is 17.1. The number of rotatable bonds is 5. The van der Waals surface area contributed by atoms with Crippen molar-refractivity contribution in [2.75, 3.05) is 0 Å². The molecule has 0 unspecified atom stereocenters. The number of amidine groups is 1. The molecule has 1 fully saturated rings. The van der Waals surface area contributed by atoms with Gasteiger partial charge in [0, 0.05) is 10.6 Å². The Kier molecular flexibility index (Phi) is 6.23. The van der Waals surface area contributed by atoms with E-state index in [0.29, 0.717) is 15.8 Å². The monoisotopic (exact) mass is 487 g/mol. The Labute approximate surface area is 194 Å². The van der Waals surface area contributed by atoms with Crippen LogP contribution in [-0.4, -0.2) is 31.0 Å². The molecule has 0 spiro atoms. The molecule has 1 N–H and O–H groups in total. The lowest BCUT2D eigenvalue weighted by molar-refractivity contribution is -0.118. The lowest BCUT2D eigenvalue weighted by Crippen LogP contribution is -2.23. The quantitative estimate of drug-likeness (QED) is 0.324. The largest absolute Gasteiger partial charge is 0.378 e. The third-order valence-electron chi connectivity index (χ3n) is 4.79. The van der Waals surface area contributed by atoms with Crippen molar-refractivity contribution in [3.63, 3.8) is 0 Å². The highest BCUT2D eigenvalue weighted by Crippen LogP contribution is 2.30. The Morgan fingerprint density at radius 1 is 1.16 bits per heavy atom. The lowest BCUT2D eigenvalue weighted by Gasteiger charge is -2.12. The molecule has 1 atom stereocenters. The van der Waals surface area contributed by atoms with E-state index in [2.05, 4.69) is 15.5 Å². The molecule has 7 nitrogen and oxygen atoms in total. The Hall–Kier alpha value is -2.88. The highest BCUT2D eigenvalue weighted by Gasteiger charge is 2.26. The van der Waals surface area contributed by atoms with E-state index in [1.807, 2.05) is 24.3 Å². The van der Waals surface area contributed by atoms with Gasteiger partial charge < -0.3 is 9.50 Å². The molecule has 164 valence electrons.